The molecule has 1 fully saturated rings. The van der Waals surface area contributed by atoms with Crippen molar-refractivity contribution in [2.24, 2.45) is 0 Å². The molecule has 0 bridgehead atoms. The highest BCUT2D eigenvalue weighted by molar-refractivity contribution is 6.31. The third-order valence-electron chi connectivity index (χ3n) is 4.30. The van der Waals surface area contributed by atoms with Gasteiger partial charge in [0, 0.05) is 30.3 Å². The maximum absolute atomic E-state index is 6.29. The summed E-state index contributed by atoms with van der Waals surface area (Å²) in [6, 6.07) is 8.91. The highest BCUT2D eigenvalue weighted by Gasteiger charge is 2.28. The van der Waals surface area contributed by atoms with Gasteiger partial charge in [-0.2, -0.15) is 0 Å². The molecule has 1 aliphatic heterocycles. The Bertz CT molecular complexity index is 427. The van der Waals surface area contributed by atoms with Crippen LogP contribution in [0.15, 0.2) is 24.3 Å². The van der Waals surface area contributed by atoms with E-state index in [0.29, 0.717) is 18.2 Å². The fourth-order valence-corrected chi connectivity index (χ4v) is 3.28. The molecule has 0 amide bonds. The SMILES string of the molecule is CNC(CCN(C)C1CCOC1C)c1ccccc1Cl. The number of likely N-dealkylation sites (N-methyl/N-ethyl adjacent to an activating group) is 1. The molecular weight excluding hydrogens is 272 g/mol. The Hall–Kier alpha value is -0.610. The molecule has 1 saturated heterocycles. The minimum atomic E-state index is 0.295. The summed E-state index contributed by atoms with van der Waals surface area (Å²) in [5.74, 6) is 0. The zero-order valence-electron chi connectivity index (χ0n) is 12.6. The Morgan fingerprint density at radius 3 is 2.80 bits per heavy atom. The van der Waals surface area contributed by atoms with Gasteiger partial charge in [0.25, 0.3) is 0 Å². The van der Waals surface area contributed by atoms with Crippen LogP contribution in [0.4, 0.5) is 0 Å². The van der Waals surface area contributed by atoms with Crippen LogP contribution in [0.1, 0.15) is 31.4 Å². The fraction of sp³-hybridized carbons (Fsp3) is 0.625. The average molecular weight is 297 g/mol. The Balaban J connectivity index is 1.92. The Morgan fingerprint density at radius 1 is 1.45 bits per heavy atom. The maximum atomic E-state index is 6.29. The maximum Gasteiger partial charge on any atom is 0.0702 e. The predicted octanol–water partition coefficient (Wildman–Crippen LogP) is 3.10. The van der Waals surface area contributed by atoms with Crippen LogP contribution in [0, 0.1) is 0 Å². The van der Waals surface area contributed by atoms with Crippen LogP contribution in [0.5, 0.6) is 0 Å². The second-order valence-corrected chi connectivity index (χ2v) is 5.97. The van der Waals surface area contributed by atoms with Crippen molar-refractivity contribution in [3.8, 4) is 0 Å². The molecule has 3 atom stereocenters. The molecule has 0 aliphatic carbocycles. The van der Waals surface area contributed by atoms with Crippen LogP contribution in [-0.4, -0.2) is 44.3 Å². The number of hydrogen-bond acceptors (Lipinski definition) is 3. The van der Waals surface area contributed by atoms with Crippen molar-refractivity contribution in [3.63, 3.8) is 0 Å². The summed E-state index contributed by atoms with van der Waals surface area (Å²) in [6.07, 6.45) is 2.52. The van der Waals surface area contributed by atoms with Gasteiger partial charge in [0.05, 0.1) is 6.10 Å². The van der Waals surface area contributed by atoms with E-state index in [1.807, 2.05) is 25.2 Å². The summed E-state index contributed by atoms with van der Waals surface area (Å²) >= 11 is 6.29. The molecule has 3 unspecified atom stereocenters. The Kier molecular flexibility index (Phi) is 5.85. The Morgan fingerprint density at radius 2 is 2.20 bits per heavy atom. The van der Waals surface area contributed by atoms with Gasteiger partial charge in [0.2, 0.25) is 0 Å². The van der Waals surface area contributed by atoms with E-state index in [1.165, 1.54) is 5.56 Å². The summed E-state index contributed by atoms with van der Waals surface area (Å²) in [5.41, 5.74) is 1.18. The van der Waals surface area contributed by atoms with E-state index in [0.717, 1.165) is 31.0 Å². The molecule has 1 aromatic rings. The van der Waals surface area contributed by atoms with Gasteiger partial charge in [-0.1, -0.05) is 29.8 Å². The fourth-order valence-electron chi connectivity index (χ4n) is 3.01. The third-order valence-corrected chi connectivity index (χ3v) is 4.65. The van der Waals surface area contributed by atoms with Gasteiger partial charge < -0.3 is 15.0 Å². The number of rotatable bonds is 6. The first-order valence-corrected chi connectivity index (χ1v) is 7.74. The van der Waals surface area contributed by atoms with Crippen LogP contribution < -0.4 is 5.32 Å². The van der Waals surface area contributed by atoms with E-state index in [1.54, 1.807) is 0 Å². The molecule has 1 N–H and O–H groups in total. The van der Waals surface area contributed by atoms with Crippen LogP contribution in [0.2, 0.25) is 5.02 Å². The van der Waals surface area contributed by atoms with E-state index in [9.17, 15) is 0 Å². The van der Waals surface area contributed by atoms with E-state index in [-0.39, 0.29) is 0 Å². The third kappa shape index (κ3) is 3.73. The highest BCUT2D eigenvalue weighted by Crippen LogP contribution is 2.26. The molecule has 1 aliphatic rings. The molecule has 20 heavy (non-hydrogen) atoms. The van der Waals surface area contributed by atoms with Crippen molar-refractivity contribution in [2.75, 3.05) is 27.2 Å². The zero-order chi connectivity index (χ0) is 14.5. The number of ether oxygens (including phenoxy) is 1. The summed E-state index contributed by atoms with van der Waals surface area (Å²) in [7, 11) is 4.18. The standard InChI is InChI=1S/C16H25ClN2O/c1-12-16(9-11-20-12)19(3)10-8-15(18-2)13-6-4-5-7-14(13)17/h4-7,12,15-16,18H,8-11H2,1-3H3. The lowest BCUT2D eigenvalue weighted by Gasteiger charge is -2.28. The van der Waals surface area contributed by atoms with E-state index in [2.05, 4.69) is 30.3 Å². The summed E-state index contributed by atoms with van der Waals surface area (Å²) < 4.78 is 5.65. The van der Waals surface area contributed by atoms with Crippen molar-refractivity contribution in [1.29, 1.82) is 0 Å². The number of hydrogen-bond donors (Lipinski definition) is 1. The molecule has 0 saturated carbocycles. The van der Waals surface area contributed by atoms with Crippen LogP contribution in [0.25, 0.3) is 0 Å². The number of benzene rings is 1. The lowest BCUT2D eigenvalue weighted by Crippen LogP contribution is -2.38. The molecule has 0 spiro atoms. The van der Waals surface area contributed by atoms with Crippen molar-refractivity contribution >= 4 is 11.6 Å². The first kappa shape index (κ1) is 15.8. The van der Waals surface area contributed by atoms with Gasteiger partial charge in [0.15, 0.2) is 0 Å². The Labute approximate surface area is 127 Å². The van der Waals surface area contributed by atoms with Gasteiger partial charge >= 0.3 is 0 Å². The van der Waals surface area contributed by atoms with Crippen LogP contribution in [0.3, 0.4) is 0 Å². The van der Waals surface area contributed by atoms with Gasteiger partial charge in [0.1, 0.15) is 0 Å². The molecule has 1 heterocycles. The highest BCUT2D eigenvalue weighted by atomic mass is 35.5. The molecule has 4 heteroatoms. The van der Waals surface area contributed by atoms with E-state index in [4.69, 9.17) is 16.3 Å². The van der Waals surface area contributed by atoms with Crippen LogP contribution >= 0.6 is 11.6 Å². The van der Waals surface area contributed by atoms with Crippen molar-refractivity contribution in [1.82, 2.24) is 10.2 Å². The largest absolute Gasteiger partial charge is 0.377 e. The van der Waals surface area contributed by atoms with Gasteiger partial charge in [-0.05, 0) is 45.5 Å². The summed E-state index contributed by atoms with van der Waals surface area (Å²) in [4.78, 5) is 2.42. The molecule has 1 aromatic carbocycles. The summed E-state index contributed by atoms with van der Waals surface area (Å²) in [5, 5.41) is 4.21. The van der Waals surface area contributed by atoms with Crippen molar-refractivity contribution in [2.45, 2.75) is 38.0 Å². The number of nitrogens with zero attached hydrogens (tertiary/aromatic N) is 1. The van der Waals surface area contributed by atoms with Gasteiger partial charge in [-0.25, -0.2) is 0 Å². The second-order valence-electron chi connectivity index (χ2n) is 5.56. The minimum absolute atomic E-state index is 0.295. The molecule has 2 rings (SSSR count). The lowest BCUT2D eigenvalue weighted by molar-refractivity contribution is 0.0824. The molecule has 3 nitrogen and oxygen atoms in total. The molecule has 112 valence electrons. The second kappa shape index (κ2) is 7.41. The lowest BCUT2D eigenvalue weighted by atomic mass is 10.0. The smallest absolute Gasteiger partial charge is 0.0702 e. The van der Waals surface area contributed by atoms with Gasteiger partial charge in [-0.15, -0.1) is 0 Å². The monoisotopic (exact) mass is 296 g/mol. The molecule has 0 aromatic heterocycles. The predicted molar refractivity (Wildman–Crippen MR) is 84.3 cm³/mol. The molecule has 0 radical (unpaired) electrons. The van der Waals surface area contributed by atoms with Crippen molar-refractivity contribution in [3.05, 3.63) is 34.9 Å². The summed E-state index contributed by atoms with van der Waals surface area (Å²) in [6.45, 7) is 4.09. The topological polar surface area (TPSA) is 24.5 Å². The first-order valence-electron chi connectivity index (χ1n) is 7.37. The van der Waals surface area contributed by atoms with Crippen molar-refractivity contribution < 1.29 is 4.74 Å². The van der Waals surface area contributed by atoms with E-state index < -0.39 is 0 Å². The van der Waals surface area contributed by atoms with Crippen LogP contribution in [-0.2, 0) is 4.74 Å². The minimum Gasteiger partial charge on any atom is -0.377 e. The quantitative estimate of drug-likeness (QED) is 0.873. The number of nitrogens with one attached hydrogen (secondary N) is 1. The zero-order valence-corrected chi connectivity index (χ0v) is 13.4. The molecular formula is C16H25ClN2O. The first-order chi connectivity index (χ1) is 9.63. The van der Waals surface area contributed by atoms with E-state index >= 15 is 0 Å². The van der Waals surface area contributed by atoms with Gasteiger partial charge in [-0.3, -0.25) is 0 Å². The average Bonchev–Trinajstić information content (AvgIpc) is 2.87. The number of halogens is 1. The normalized spacial score (nSPS) is 24.2.